The second-order valence-electron chi connectivity index (χ2n) is 5.22. The summed E-state index contributed by atoms with van der Waals surface area (Å²) in [6, 6.07) is -0.137. The first kappa shape index (κ1) is 15.6. The van der Waals surface area contributed by atoms with Gasteiger partial charge in [0.2, 0.25) is 5.91 Å². The van der Waals surface area contributed by atoms with Crippen molar-refractivity contribution in [3.05, 3.63) is 0 Å². The van der Waals surface area contributed by atoms with Gasteiger partial charge in [-0.25, -0.2) is 0 Å². The van der Waals surface area contributed by atoms with E-state index < -0.39 is 17.6 Å². The van der Waals surface area contributed by atoms with Gasteiger partial charge in [-0.05, 0) is 38.5 Å². The number of halogens is 4. The summed E-state index contributed by atoms with van der Waals surface area (Å²) in [5.41, 5.74) is 4.98. The van der Waals surface area contributed by atoms with Crippen molar-refractivity contribution in [2.24, 2.45) is 11.7 Å². The van der Waals surface area contributed by atoms with Gasteiger partial charge in [0, 0.05) is 6.04 Å². The Balaban J connectivity index is 0.00000162. The highest BCUT2D eigenvalue weighted by molar-refractivity contribution is 5.89. The highest BCUT2D eigenvalue weighted by atomic mass is 35.5. The Morgan fingerprint density at radius 1 is 1.17 bits per heavy atom. The number of hydrogen-bond acceptors (Lipinski definition) is 2. The number of rotatable bonds is 2. The zero-order valence-electron chi connectivity index (χ0n) is 9.93. The fourth-order valence-electron chi connectivity index (χ4n) is 2.26. The Morgan fingerprint density at radius 3 is 2.06 bits per heavy atom. The van der Waals surface area contributed by atoms with Crippen molar-refractivity contribution < 1.29 is 18.0 Å². The molecule has 0 unspecified atom stereocenters. The first-order valence-electron chi connectivity index (χ1n) is 5.98. The van der Waals surface area contributed by atoms with Gasteiger partial charge in [-0.15, -0.1) is 12.4 Å². The first-order valence-corrected chi connectivity index (χ1v) is 5.98. The minimum Gasteiger partial charge on any atom is -0.352 e. The summed E-state index contributed by atoms with van der Waals surface area (Å²) in [6.07, 6.45) is -1.75. The largest absolute Gasteiger partial charge is 0.391 e. The summed E-state index contributed by atoms with van der Waals surface area (Å²) in [7, 11) is 0. The van der Waals surface area contributed by atoms with Crippen LogP contribution >= 0.6 is 12.4 Å². The molecule has 0 aromatic carbocycles. The molecule has 0 spiro atoms. The molecule has 18 heavy (non-hydrogen) atoms. The van der Waals surface area contributed by atoms with Crippen LogP contribution in [0.1, 0.15) is 38.5 Å². The Labute approximate surface area is 110 Å². The SMILES string of the molecule is Cl.NC1(C(=O)NC2CCC(C(F)(F)F)CC2)CC1. The minimum absolute atomic E-state index is 0. The van der Waals surface area contributed by atoms with Crippen LogP contribution in [0.25, 0.3) is 0 Å². The van der Waals surface area contributed by atoms with Gasteiger partial charge >= 0.3 is 6.18 Å². The van der Waals surface area contributed by atoms with Crippen LogP contribution in [0.2, 0.25) is 0 Å². The highest BCUT2D eigenvalue weighted by Gasteiger charge is 2.47. The third-order valence-electron chi connectivity index (χ3n) is 3.77. The molecule has 3 nitrogen and oxygen atoms in total. The summed E-state index contributed by atoms with van der Waals surface area (Å²) in [6.45, 7) is 0. The molecule has 0 saturated heterocycles. The van der Waals surface area contributed by atoms with Crippen LogP contribution in [-0.4, -0.2) is 23.7 Å². The average molecular weight is 287 g/mol. The van der Waals surface area contributed by atoms with Crippen LogP contribution in [0, 0.1) is 5.92 Å². The average Bonchev–Trinajstić information content (AvgIpc) is 2.97. The fourth-order valence-corrected chi connectivity index (χ4v) is 2.26. The molecule has 0 aromatic heterocycles. The Bertz CT molecular complexity index is 310. The van der Waals surface area contributed by atoms with Gasteiger partial charge in [0.15, 0.2) is 0 Å². The zero-order chi connectivity index (χ0) is 12.7. The summed E-state index contributed by atoms with van der Waals surface area (Å²) < 4.78 is 37.3. The van der Waals surface area contributed by atoms with E-state index in [4.69, 9.17) is 5.73 Å². The summed E-state index contributed by atoms with van der Waals surface area (Å²) in [5.74, 6) is -1.41. The van der Waals surface area contributed by atoms with Gasteiger partial charge in [-0.1, -0.05) is 0 Å². The highest BCUT2D eigenvalue weighted by Crippen LogP contribution is 2.38. The molecule has 2 saturated carbocycles. The molecule has 2 rings (SSSR count). The molecule has 0 aromatic rings. The van der Waals surface area contributed by atoms with Crippen LogP contribution < -0.4 is 11.1 Å². The van der Waals surface area contributed by atoms with E-state index in [1.807, 2.05) is 0 Å². The lowest BCUT2D eigenvalue weighted by Crippen LogP contribution is -2.48. The molecule has 0 aliphatic heterocycles. The van der Waals surface area contributed by atoms with Gasteiger partial charge < -0.3 is 11.1 Å². The van der Waals surface area contributed by atoms with E-state index in [2.05, 4.69) is 5.32 Å². The normalized spacial score (nSPS) is 30.2. The van der Waals surface area contributed by atoms with Gasteiger partial charge in [0.1, 0.15) is 0 Å². The van der Waals surface area contributed by atoms with Crippen molar-refractivity contribution in [3.63, 3.8) is 0 Å². The van der Waals surface area contributed by atoms with E-state index in [-0.39, 0.29) is 37.2 Å². The molecule has 2 aliphatic rings. The summed E-state index contributed by atoms with van der Waals surface area (Å²) in [5, 5.41) is 2.76. The van der Waals surface area contributed by atoms with Crippen LogP contribution in [0.15, 0.2) is 0 Å². The maximum atomic E-state index is 12.4. The van der Waals surface area contributed by atoms with Crippen LogP contribution in [0.5, 0.6) is 0 Å². The molecule has 2 fully saturated rings. The second kappa shape index (κ2) is 5.25. The molecular formula is C11H18ClF3N2O. The maximum Gasteiger partial charge on any atom is 0.391 e. The third-order valence-corrected chi connectivity index (χ3v) is 3.77. The first-order chi connectivity index (χ1) is 7.81. The molecule has 0 atom stereocenters. The molecule has 0 bridgehead atoms. The topological polar surface area (TPSA) is 55.1 Å². The van der Waals surface area contributed by atoms with Crippen molar-refractivity contribution in [1.29, 1.82) is 0 Å². The molecule has 7 heteroatoms. The zero-order valence-corrected chi connectivity index (χ0v) is 10.7. The second-order valence-corrected chi connectivity index (χ2v) is 5.22. The van der Waals surface area contributed by atoms with Gasteiger partial charge in [-0.3, -0.25) is 4.79 Å². The lowest BCUT2D eigenvalue weighted by Gasteiger charge is -2.30. The number of alkyl halides is 3. The van der Waals surface area contributed by atoms with Crippen LogP contribution in [-0.2, 0) is 4.79 Å². The summed E-state index contributed by atoms with van der Waals surface area (Å²) >= 11 is 0. The van der Waals surface area contributed by atoms with E-state index >= 15 is 0 Å². The van der Waals surface area contributed by atoms with Gasteiger partial charge in [-0.2, -0.15) is 13.2 Å². The Morgan fingerprint density at radius 2 is 1.67 bits per heavy atom. The standard InChI is InChI=1S/C11H17F3N2O.ClH/c12-11(13,14)7-1-3-8(4-2-7)16-9(17)10(15)5-6-10;/h7-8H,1-6,15H2,(H,16,17);1H. The van der Waals surface area contributed by atoms with Crippen LogP contribution in [0.3, 0.4) is 0 Å². The van der Waals surface area contributed by atoms with E-state index in [0.717, 1.165) is 0 Å². The quantitative estimate of drug-likeness (QED) is 0.817. The molecule has 1 amide bonds. The molecular weight excluding hydrogens is 269 g/mol. The van der Waals surface area contributed by atoms with E-state index in [1.165, 1.54) is 0 Å². The van der Waals surface area contributed by atoms with Crippen molar-refractivity contribution in [1.82, 2.24) is 5.32 Å². The molecule has 0 radical (unpaired) electrons. The smallest absolute Gasteiger partial charge is 0.352 e. The molecule has 2 aliphatic carbocycles. The predicted octanol–water partition coefficient (Wildman–Crippen LogP) is 2.14. The van der Waals surface area contributed by atoms with Gasteiger partial charge in [0.05, 0.1) is 11.5 Å². The predicted molar refractivity (Wildman–Crippen MR) is 63.3 cm³/mol. The summed E-state index contributed by atoms with van der Waals surface area (Å²) in [4.78, 5) is 11.6. The Kier molecular flexibility index (Phi) is 4.54. The van der Waals surface area contributed by atoms with Gasteiger partial charge in [0.25, 0.3) is 0 Å². The molecule has 106 valence electrons. The monoisotopic (exact) mass is 286 g/mol. The Hall–Kier alpha value is -0.490. The molecule has 0 heterocycles. The van der Waals surface area contributed by atoms with Crippen molar-refractivity contribution in [3.8, 4) is 0 Å². The third kappa shape index (κ3) is 3.51. The van der Waals surface area contributed by atoms with E-state index in [0.29, 0.717) is 25.7 Å². The molecule has 3 N–H and O–H groups in total. The number of hydrogen-bond donors (Lipinski definition) is 2. The lowest BCUT2D eigenvalue weighted by molar-refractivity contribution is -0.182. The number of nitrogens with two attached hydrogens (primary N) is 1. The van der Waals surface area contributed by atoms with Crippen LogP contribution in [0.4, 0.5) is 13.2 Å². The number of amides is 1. The fraction of sp³-hybridized carbons (Fsp3) is 0.909. The van der Waals surface area contributed by atoms with Crippen molar-refractivity contribution >= 4 is 18.3 Å². The minimum atomic E-state index is -4.10. The number of carbonyl (C=O) groups is 1. The van der Waals surface area contributed by atoms with E-state index in [1.54, 1.807) is 0 Å². The van der Waals surface area contributed by atoms with E-state index in [9.17, 15) is 18.0 Å². The number of nitrogens with one attached hydrogen (secondary N) is 1. The number of carbonyl (C=O) groups excluding carboxylic acids is 1. The maximum absolute atomic E-state index is 12.4. The van der Waals surface area contributed by atoms with Crippen molar-refractivity contribution in [2.75, 3.05) is 0 Å². The lowest BCUT2D eigenvalue weighted by atomic mass is 9.85. The van der Waals surface area contributed by atoms with Crippen molar-refractivity contribution in [2.45, 2.75) is 56.3 Å².